The van der Waals surface area contributed by atoms with Crippen LogP contribution in [0.3, 0.4) is 0 Å². The lowest BCUT2D eigenvalue weighted by molar-refractivity contribution is 0.172. The Kier molecular flexibility index (Phi) is 4.55. The molecule has 0 aliphatic carbocycles. The van der Waals surface area contributed by atoms with Gasteiger partial charge in [0.2, 0.25) is 0 Å². The fourth-order valence-electron chi connectivity index (χ4n) is 0.628. The van der Waals surface area contributed by atoms with Gasteiger partial charge in [-0.2, -0.15) is 0 Å². The first-order valence-electron chi connectivity index (χ1n) is 2.97. The quantitative estimate of drug-likeness (QED) is 0.555. The standard InChI is InChI=1S/C6H14O3Si/c1-5-10(8-3,9-4)6-7-2/h5H,1,6H2,2-4H3. The molecule has 0 aliphatic heterocycles. The van der Waals surface area contributed by atoms with Gasteiger partial charge in [-0.1, -0.05) is 0 Å². The van der Waals surface area contributed by atoms with E-state index in [0.29, 0.717) is 6.23 Å². The highest BCUT2D eigenvalue weighted by molar-refractivity contribution is 6.72. The molecule has 0 saturated carbocycles. The Labute approximate surface area is 62.8 Å². The molecule has 0 heterocycles. The van der Waals surface area contributed by atoms with Crippen LogP contribution in [0.2, 0.25) is 0 Å². The summed E-state index contributed by atoms with van der Waals surface area (Å²) >= 11 is 0. The lowest BCUT2D eigenvalue weighted by Crippen LogP contribution is -2.43. The van der Waals surface area contributed by atoms with E-state index in [1.165, 1.54) is 0 Å². The summed E-state index contributed by atoms with van der Waals surface area (Å²) in [6.07, 6.45) is 0.490. The second-order valence-corrected chi connectivity index (χ2v) is 4.99. The zero-order valence-corrected chi connectivity index (χ0v) is 7.72. The third-order valence-corrected chi connectivity index (χ3v) is 4.04. The van der Waals surface area contributed by atoms with Gasteiger partial charge in [0.15, 0.2) is 0 Å². The monoisotopic (exact) mass is 162 g/mol. The third-order valence-electron chi connectivity index (χ3n) is 1.35. The Morgan fingerprint density at radius 1 is 1.30 bits per heavy atom. The molecule has 0 aliphatic rings. The van der Waals surface area contributed by atoms with E-state index in [-0.39, 0.29) is 0 Å². The van der Waals surface area contributed by atoms with Crippen LogP contribution in [0.25, 0.3) is 0 Å². The van der Waals surface area contributed by atoms with E-state index in [9.17, 15) is 0 Å². The fourth-order valence-corrected chi connectivity index (χ4v) is 1.88. The maximum Gasteiger partial charge on any atom is 0.390 e. The minimum atomic E-state index is -2.18. The van der Waals surface area contributed by atoms with Crippen LogP contribution in [0.4, 0.5) is 0 Å². The molecule has 4 heteroatoms. The van der Waals surface area contributed by atoms with Crippen molar-refractivity contribution in [1.29, 1.82) is 0 Å². The Balaban J connectivity index is 4.00. The van der Waals surface area contributed by atoms with Crippen LogP contribution in [0.5, 0.6) is 0 Å². The van der Waals surface area contributed by atoms with Crippen molar-refractivity contribution < 1.29 is 13.6 Å². The zero-order chi connectivity index (χ0) is 8.04. The average molecular weight is 162 g/mol. The van der Waals surface area contributed by atoms with E-state index in [1.807, 2.05) is 0 Å². The number of methoxy groups -OCH3 is 1. The van der Waals surface area contributed by atoms with Crippen molar-refractivity contribution in [1.82, 2.24) is 0 Å². The molecule has 10 heavy (non-hydrogen) atoms. The topological polar surface area (TPSA) is 27.7 Å². The number of hydrogen-bond donors (Lipinski definition) is 0. The molecule has 60 valence electrons. The minimum Gasteiger partial charge on any atom is -0.393 e. The van der Waals surface area contributed by atoms with Crippen molar-refractivity contribution in [2.45, 2.75) is 0 Å². The molecule has 0 spiro atoms. The van der Waals surface area contributed by atoms with Crippen LogP contribution in [-0.2, 0) is 13.6 Å². The van der Waals surface area contributed by atoms with Crippen LogP contribution >= 0.6 is 0 Å². The van der Waals surface area contributed by atoms with Crippen molar-refractivity contribution in [3.05, 3.63) is 12.3 Å². The molecule has 0 aromatic heterocycles. The molecule has 0 rings (SSSR count). The molecule has 0 saturated heterocycles. The van der Waals surface area contributed by atoms with Gasteiger partial charge in [0, 0.05) is 21.3 Å². The molecule has 0 fully saturated rings. The summed E-state index contributed by atoms with van der Waals surface area (Å²) in [5.41, 5.74) is 1.70. The second-order valence-electron chi connectivity index (χ2n) is 1.86. The number of ether oxygens (including phenoxy) is 1. The smallest absolute Gasteiger partial charge is 0.390 e. The van der Waals surface area contributed by atoms with Gasteiger partial charge in [0.1, 0.15) is 0 Å². The summed E-state index contributed by atoms with van der Waals surface area (Å²) in [5.74, 6) is 0. The third kappa shape index (κ3) is 2.22. The van der Waals surface area contributed by atoms with Crippen molar-refractivity contribution in [3.63, 3.8) is 0 Å². The summed E-state index contributed by atoms with van der Waals surface area (Å²) in [7, 11) is 2.65. The van der Waals surface area contributed by atoms with Gasteiger partial charge in [0.25, 0.3) is 0 Å². The largest absolute Gasteiger partial charge is 0.393 e. The molecule has 0 atom stereocenters. The minimum absolute atomic E-state index is 0.490. The molecule has 0 amide bonds. The van der Waals surface area contributed by atoms with Crippen molar-refractivity contribution in [2.24, 2.45) is 0 Å². The molecular weight excluding hydrogens is 148 g/mol. The summed E-state index contributed by atoms with van der Waals surface area (Å²) < 4.78 is 15.2. The van der Waals surface area contributed by atoms with Crippen LogP contribution in [0.15, 0.2) is 12.3 Å². The Morgan fingerprint density at radius 3 is 1.90 bits per heavy atom. The first-order chi connectivity index (χ1) is 4.74. The molecule has 0 bridgehead atoms. The lowest BCUT2D eigenvalue weighted by Gasteiger charge is -2.21. The van der Waals surface area contributed by atoms with Crippen LogP contribution in [0, 0.1) is 0 Å². The fraction of sp³-hybridized carbons (Fsp3) is 0.667. The number of rotatable bonds is 5. The van der Waals surface area contributed by atoms with Crippen LogP contribution < -0.4 is 0 Å². The van der Waals surface area contributed by atoms with E-state index in [0.717, 1.165) is 0 Å². The molecule has 0 unspecified atom stereocenters. The molecule has 0 N–H and O–H groups in total. The van der Waals surface area contributed by atoms with Gasteiger partial charge >= 0.3 is 8.56 Å². The summed E-state index contributed by atoms with van der Waals surface area (Å²) in [6.45, 7) is 3.63. The summed E-state index contributed by atoms with van der Waals surface area (Å²) in [5, 5.41) is 0. The van der Waals surface area contributed by atoms with Gasteiger partial charge in [-0.15, -0.1) is 6.58 Å². The first kappa shape index (κ1) is 9.84. The van der Waals surface area contributed by atoms with Gasteiger partial charge in [-0.05, 0) is 5.70 Å². The van der Waals surface area contributed by atoms with Gasteiger partial charge < -0.3 is 13.6 Å². The zero-order valence-electron chi connectivity index (χ0n) is 6.72. The van der Waals surface area contributed by atoms with E-state index >= 15 is 0 Å². The first-order valence-corrected chi connectivity index (χ1v) is 5.07. The molecule has 0 radical (unpaired) electrons. The predicted octanol–water partition coefficient (Wildman–Crippen LogP) is 0.632. The second kappa shape index (κ2) is 4.62. The van der Waals surface area contributed by atoms with Crippen molar-refractivity contribution in [2.75, 3.05) is 27.6 Å². The Morgan fingerprint density at radius 2 is 1.80 bits per heavy atom. The SMILES string of the molecule is C=C[Si](COC)(OC)OC. The Hall–Kier alpha value is -0.163. The Bertz CT molecular complexity index is 101. The van der Waals surface area contributed by atoms with Gasteiger partial charge in [-0.3, -0.25) is 0 Å². The summed E-state index contributed by atoms with van der Waals surface area (Å²) in [6, 6.07) is 0. The summed E-state index contributed by atoms with van der Waals surface area (Å²) in [4.78, 5) is 0. The highest BCUT2D eigenvalue weighted by Crippen LogP contribution is 2.05. The normalized spacial score (nSPS) is 11.5. The van der Waals surface area contributed by atoms with E-state index < -0.39 is 8.56 Å². The maximum absolute atomic E-state index is 5.15. The lowest BCUT2D eigenvalue weighted by atomic mass is 11.3. The molecule has 3 nitrogen and oxygen atoms in total. The van der Waals surface area contributed by atoms with Gasteiger partial charge in [0.05, 0.1) is 6.23 Å². The van der Waals surface area contributed by atoms with Crippen molar-refractivity contribution >= 4 is 8.56 Å². The molecule has 0 aromatic rings. The molecular formula is C6H14O3Si. The number of hydrogen-bond acceptors (Lipinski definition) is 3. The van der Waals surface area contributed by atoms with Crippen LogP contribution in [0.1, 0.15) is 0 Å². The van der Waals surface area contributed by atoms with Crippen LogP contribution in [-0.4, -0.2) is 36.1 Å². The predicted molar refractivity (Wildman–Crippen MR) is 41.8 cm³/mol. The highest BCUT2D eigenvalue weighted by atomic mass is 28.4. The highest BCUT2D eigenvalue weighted by Gasteiger charge is 2.31. The van der Waals surface area contributed by atoms with Crippen molar-refractivity contribution in [3.8, 4) is 0 Å². The maximum atomic E-state index is 5.15. The average Bonchev–Trinajstić information content (AvgIpc) is 2.01. The van der Waals surface area contributed by atoms with E-state index in [1.54, 1.807) is 27.0 Å². The van der Waals surface area contributed by atoms with E-state index in [2.05, 4.69) is 6.58 Å². The van der Waals surface area contributed by atoms with Gasteiger partial charge in [-0.25, -0.2) is 0 Å². The van der Waals surface area contributed by atoms with E-state index in [4.69, 9.17) is 13.6 Å². The molecule has 0 aromatic carbocycles.